The molecule has 6 nitrogen and oxygen atoms in total. The van der Waals surface area contributed by atoms with Crippen LogP contribution in [0, 0.1) is 50.7 Å². The number of esters is 1. The molecule has 6 heteroatoms. The highest BCUT2D eigenvalue weighted by atomic mass is 16.7. The second-order valence-corrected chi connectivity index (χ2v) is 14.9. The van der Waals surface area contributed by atoms with Gasteiger partial charge >= 0.3 is 5.97 Å². The molecule has 13 atom stereocenters. The Bertz CT molecular complexity index is 1010. The zero-order chi connectivity index (χ0) is 27.5. The molecule has 0 radical (unpaired) electrons. The minimum absolute atomic E-state index is 0.0358. The highest BCUT2D eigenvalue weighted by molar-refractivity contribution is 5.78. The first kappa shape index (κ1) is 27.2. The third kappa shape index (κ3) is 3.02. The lowest BCUT2D eigenvalue weighted by molar-refractivity contribution is -0.232. The summed E-state index contributed by atoms with van der Waals surface area (Å²) < 4.78 is 17.7. The molecule has 214 valence electrons. The fourth-order valence-electron chi connectivity index (χ4n) is 12.1. The van der Waals surface area contributed by atoms with Crippen LogP contribution >= 0.6 is 0 Å². The van der Waals surface area contributed by atoms with Crippen LogP contribution in [-0.4, -0.2) is 55.0 Å². The number of fused-ring (bicyclic) bond motifs is 2. The van der Waals surface area contributed by atoms with Crippen molar-refractivity contribution < 1.29 is 29.2 Å². The lowest BCUT2D eigenvalue weighted by Crippen LogP contribution is -2.63. The Labute approximate surface area is 228 Å². The summed E-state index contributed by atoms with van der Waals surface area (Å²) in [5, 5.41) is 22.7. The number of hydrogen-bond acceptors (Lipinski definition) is 6. The Kier molecular flexibility index (Phi) is 6.11. The van der Waals surface area contributed by atoms with Crippen LogP contribution in [0.2, 0.25) is 0 Å². The molecule has 5 saturated carbocycles. The summed E-state index contributed by atoms with van der Waals surface area (Å²) in [7, 11) is 3.22. The Morgan fingerprint density at radius 3 is 2.29 bits per heavy atom. The Morgan fingerprint density at radius 1 is 0.921 bits per heavy atom. The highest BCUT2D eigenvalue weighted by Crippen LogP contribution is 2.89. The third-order valence-electron chi connectivity index (χ3n) is 14.2. The molecule has 6 rings (SSSR count). The minimum atomic E-state index is -0.951. The summed E-state index contributed by atoms with van der Waals surface area (Å²) in [5.74, 6) is 1.11. The van der Waals surface area contributed by atoms with Crippen molar-refractivity contribution in [3.05, 3.63) is 12.2 Å². The number of aliphatic hydroxyl groups excluding tert-OH is 2. The van der Waals surface area contributed by atoms with Gasteiger partial charge in [-0.05, 0) is 106 Å². The molecular formula is C32H50O6. The minimum Gasteiger partial charge on any atom is -0.469 e. The quantitative estimate of drug-likeness (QED) is 0.381. The van der Waals surface area contributed by atoms with E-state index >= 15 is 0 Å². The number of carbonyl (C=O) groups excluding carboxylic acids is 1. The largest absolute Gasteiger partial charge is 0.469 e. The SMILES string of the molecule is C=C(C)[C@H]1CCC([C@H]2CC[C@@]3(C)[C@@H]4CC[C@H]5[C@](C)(C(=O)OC)[C@@H](O)C[C@H](O)[C@@]56C[C@@]46CC[C@]23C)[C@@H](OC)O1. The Morgan fingerprint density at radius 2 is 1.63 bits per heavy atom. The molecular weight excluding hydrogens is 480 g/mol. The van der Waals surface area contributed by atoms with Crippen LogP contribution in [0.15, 0.2) is 12.2 Å². The van der Waals surface area contributed by atoms with Crippen LogP contribution in [0.1, 0.15) is 91.9 Å². The molecule has 2 spiro atoms. The summed E-state index contributed by atoms with van der Waals surface area (Å²) in [4.78, 5) is 13.1. The van der Waals surface area contributed by atoms with Gasteiger partial charge in [0.15, 0.2) is 6.29 Å². The van der Waals surface area contributed by atoms with Crippen LogP contribution in [0.5, 0.6) is 0 Å². The van der Waals surface area contributed by atoms with E-state index in [1.165, 1.54) is 20.0 Å². The summed E-state index contributed by atoms with van der Waals surface area (Å²) in [5.41, 5.74) is 0.267. The zero-order valence-electron chi connectivity index (χ0n) is 24.4. The number of hydrogen-bond donors (Lipinski definition) is 2. The molecule has 6 aliphatic rings. The maximum atomic E-state index is 13.1. The van der Waals surface area contributed by atoms with Gasteiger partial charge < -0.3 is 24.4 Å². The number of ether oxygens (including phenoxy) is 3. The van der Waals surface area contributed by atoms with E-state index in [0.29, 0.717) is 17.8 Å². The molecule has 1 saturated heterocycles. The molecule has 2 N–H and O–H groups in total. The van der Waals surface area contributed by atoms with Crippen molar-refractivity contribution in [1.82, 2.24) is 0 Å². The van der Waals surface area contributed by atoms with Crippen LogP contribution < -0.4 is 0 Å². The van der Waals surface area contributed by atoms with Gasteiger partial charge in [-0.1, -0.05) is 26.0 Å². The van der Waals surface area contributed by atoms with Gasteiger partial charge in [-0.25, -0.2) is 0 Å². The van der Waals surface area contributed by atoms with E-state index in [1.54, 1.807) is 7.11 Å². The zero-order valence-corrected chi connectivity index (χ0v) is 24.4. The maximum Gasteiger partial charge on any atom is 0.314 e. The summed E-state index contributed by atoms with van der Waals surface area (Å²) in [6.07, 6.45) is 8.42. The van der Waals surface area contributed by atoms with E-state index in [1.807, 2.05) is 6.92 Å². The monoisotopic (exact) mass is 530 g/mol. The lowest BCUT2D eigenvalue weighted by atomic mass is 9.41. The molecule has 6 fully saturated rings. The molecule has 0 aromatic rings. The molecule has 0 aromatic heterocycles. The second-order valence-electron chi connectivity index (χ2n) is 14.9. The lowest BCUT2D eigenvalue weighted by Gasteiger charge is -2.64. The van der Waals surface area contributed by atoms with Crippen molar-refractivity contribution in [2.45, 2.75) is 117 Å². The van der Waals surface area contributed by atoms with Crippen LogP contribution in [0.3, 0.4) is 0 Å². The maximum absolute atomic E-state index is 13.1. The molecule has 1 aliphatic heterocycles. The molecule has 0 bridgehead atoms. The van der Waals surface area contributed by atoms with Gasteiger partial charge in [0.1, 0.15) is 0 Å². The average Bonchev–Trinajstić information content (AvgIpc) is 3.51. The van der Waals surface area contributed by atoms with Crippen molar-refractivity contribution in [3.63, 3.8) is 0 Å². The fraction of sp³-hybridized carbons (Fsp3) is 0.906. The number of methoxy groups -OCH3 is 2. The van der Waals surface area contributed by atoms with E-state index in [0.717, 1.165) is 50.5 Å². The molecule has 1 heterocycles. The standard InChI is InChI=1S/C32H50O6/c1-18(2)21-9-8-19(26(36-6)38-21)20-12-13-29(4)22-10-11-23-30(5,27(35)37-7)24(33)16-25(34)32(23)17-31(22,32)15-14-28(20,29)3/h19-26,33-34H,1,8-17H2,2-7H3/t19?,20-,21-,22+,23+,24+,25+,26+,28-,29+,30+,31+,32-/m1/s1. The Hall–Kier alpha value is -0.950. The van der Waals surface area contributed by atoms with Crippen molar-refractivity contribution in [1.29, 1.82) is 0 Å². The smallest absolute Gasteiger partial charge is 0.314 e. The van der Waals surface area contributed by atoms with E-state index in [2.05, 4.69) is 27.4 Å². The number of aliphatic hydroxyl groups is 2. The van der Waals surface area contributed by atoms with Crippen molar-refractivity contribution in [2.75, 3.05) is 14.2 Å². The van der Waals surface area contributed by atoms with Gasteiger partial charge in [-0.3, -0.25) is 4.79 Å². The van der Waals surface area contributed by atoms with Gasteiger partial charge in [-0.2, -0.15) is 0 Å². The predicted molar refractivity (Wildman–Crippen MR) is 144 cm³/mol. The molecule has 5 aliphatic carbocycles. The second kappa shape index (κ2) is 8.53. The van der Waals surface area contributed by atoms with Crippen molar-refractivity contribution >= 4 is 5.97 Å². The predicted octanol–water partition coefficient (Wildman–Crippen LogP) is 5.25. The third-order valence-corrected chi connectivity index (χ3v) is 14.2. The van der Waals surface area contributed by atoms with Gasteiger partial charge in [0.2, 0.25) is 0 Å². The Balaban J connectivity index is 1.32. The number of carbonyl (C=O) groups is 1. The first-order valence-electron chi connectivity index (χ1n) is 15.2. The van der Waals surface area contributed by atoms with Crippen molar-refractivity contribution in [2.24, 2.45) is 50.7 Å². The molecule has 0 aromatic carbocycles. The molecule has 38 heavy (non-hydrogen) atoms. The first-order chi connectivity index (χ1) is 17.9. The number of rotatable bonds is 4. The highest BCUT2D eigenvalue weighted by Gasteiger charge is 2.85. The fourth-order valence-corrected chi connectivity index (χ4v) is 12.1. The summed E-state index contributed by atoms with van der Waals surface area (Å²) in [6, 6.07) is 0. The van der Waals surface area contributed by atoms with E-state index in [-0.39, 0.29) is 52.4 Å². The van der Waals surface area contributed by atoms with E-state index in [4.69, 9.17) is 14.2 Å². The van der Waals surface area contributed by atoms with Gasteiger partial charge in [0.25, 0.3) is 0 Å². The average molecular weight is 531 g/mol. The summed E-state index contributed by atoms with van der Waals surface area (Å²) in [6.45, 7) is 13.2. The van der Waals surface area contributed by atoms with Gasteiger partial charge in [0.05, 0.1) is 30.8 Å². The van der Waals surface area contributed by atoms with E-state index in [9.17, 15) is 15.0 Å². The van der Waals surface area contributed by atoms with Crippen molar-refractivity contribution in [3.8, 4) is 0 Å². The molecule has 1 unspecified atom stereocenters. The summed E-state index contributed by atoms with van der Waals surface area (Å²) >= 11 is 0. The van der Waals surface area contributed by atoms with Crippen LogP contribution in [0.4, 0.5) is 0 Å². The topological polar surface area (TPSA) is 85.2 Å². The first-order valence-corrected chi connectivity index (χ1v) is 15.2. The van der Waals surface area contributed by atoms with Gasteiger partial charge in [-0.15, -0.1) is 0 Å². The van der Waals surface area contributed by atoms with Crippen LogP contribution in [0.25, 0.3) is 0 Å². The van der Waals surface area contributed by atoms with E-state index < -0.39 is 17.6 Å². The normalized spacial score (nSPS) is 57.2. The molecule has 0 amide bonds. The van der Waals surface area contributed by atoms with Gasteiger partial charge in [0, 0.05) is 24.9 Å². The van der Waals surface area contributed by atoms with Crippen LogP contribution in [-0.2, 0) is 19.0 Å².